The van der Waals surface area contributed by atoms with Crippen LogP contribution in [0.5, 0.6) is 0 Å². The molecule has 0 aromatic heterocycles. The maximum absolute atomic E-state index is 12.5. The third-order valence-electron chi connectivity index (χ3n) is 3.92. The van der Waals surface area contributed by atoms with Crippen molar-refractivity contribution in [3.05, 3.63) is 0 Å². The molecule has 0 bridgehead atoms. The average molecular weight is 280 g/mol. The van der Waals surface area contributed by atoms with Crippen molar-refractivity contribution >= 4 is 5.91 Å². The molecule has 2 atom stereocenters. The number of rotatable bonds is 2. The summed E-state index contributed by atoms with van der Waals surface area (Å²) in [4.78, 5) is 13.6. The number of nitrogens with zero attached hydrogens (tertiary/aromatic N) is 1. The van der Waals surface area contributed by atoms with Crippen molar-refractivity contribution < 1.29 is 22.7 Å². The van der Waals surface area contributed by atoms with Gasteiger partial charge in [-0.25, -0.2) is 0 Å². The van der Waals surface area contributed by atoms with Crippen molar-refractivity contribution in [3.8, 4) is 0 Å². The fourth-order valence-corrected chi connectivity index (χ4v) is 2.69. The van der Waals surface area contributed by atoms with Gasteiger partial charge in [0.25, 0.3) is 5.91 Å². The topological polar surface area (TPSA) is 55.6 Å². The summed E-state index contributed by atoms with van der Waals surface area (Å²) in [5.41, 5.74) is 5.47. The third-order valence-corrected chi connectivity index (χ3v) is 3.92. The van der Waals surface area contributed by atoms with Gasteiger partial charge in [0.1, 0.15) is 6.10 Å². The molecule has 2 fully saturated rings. The maximum atomic E-state index is 12.5. The van der Waals surface area contributed by atoms with E-state index in [2.05, 4.69) is 0 Å². The van der Waals surface area contributed by atoms with Gasteiger partial charge in [0.05, 0.1) is 12.0 Å². The van der Waals surface area contributed by atoms with E-state index in [0.29, 0.717) is 13.0 Å². The van der Waals surface area contributed by atoms with E-state index in [4.69, 9.17) is 10.5 Å². The Morgan fingerprint density at radius 2 is 1.84 bits per heavy atom. The summed E-state index contributed by atoms with van der Waals surface area (Å²) in [6, 6.07) is 0. The second kappa shape index (κ2) is 5.66. The summed E-state index contributed by atoms with van der Waals surface area (Å²) in [6.07, 6.45) is -3.43. The summed E-state index contributed by atoms with van der Waals surface area (Å²) in [7, 11) is 0. The lowest BCUT2D eigenvalue weighted by molar-refractivity contribution is -0.187. The Kier molecular flexibility index (Phi) is 4.35. The molecule has 2 rings (SSSR count). The summed E-state index contributed by atoms with van der Waals surface area (Å²) in [5, 5.41) is 0. The minimum Gasteiger partial charge on any atom is -0.364 e. The van der Waals surface area contributed by atoms with Crippen molar-refractivity contribution in [2.45, 2.75) is 44.1 Å². The van der Waals surface area contributed by atoms with Crippen molar-refractivity contribution in [1.29, 1.82) is 0 Å². The predicted octanol–water partition coefficient (Wildman–Crippen LogP) is 1.29. The highest BCUT2D eigenvalue weighted by Gasteiger charge is 2.43. The number of hydrogen-bond acceptors (Lipinski definition) is 3. The van der Waals surface area contributed by atoms with Gasteiger partial charge >= 0.3 is 6.18 Å². The van der Waals surface area contributed by atoms with Crippen LogP contribution in [0.2, 0.25) is 0 Å². The summed E-state index contributed by atoms with van der Waals surface area (Å²) < 4.78 is 43.1. The number of likely N-dealkylation sites (tertiary alicyclic amines) is 1. The van der Waals surface area contributed by atoms with Gasteiger partial charge in [-0.2, -0.15) is 13.2 Å². The number of nitrogens with two attached hydrogens (primary N) is 1. The normalized spacial score (nSPS) is 29.8. The lowest BCUT2D eigenvalue weighted by Crippen LogP contribution is -2.46. The number of ether oxygens (including phenoxy) is 1. The van der Waals surface area contributed by atoms with E-state index in [1.807, 2.05) is 0 Å². The summed E-state index contributed by atoms with van der Waals surface area (Å²) in [5.74, 6) is -1.46. The molecule has 4 nitrogen and oxygen atoms in total. The molecule has 19 heavy (non-hydrogen) atoms. The van der Waals surface area contributed by atoms with E-state index in [-0.39, 0.29) is 37.9 Å². The molecule has 2 aliphatic heterocycles. The molecule has 7 heteroatoms. The van der Waals surface area contributed by atoms with Gasteiger partial charge in [0.15, 0.2) is 0 Å². The van der Waals surface area contributed by atoms with E-state index in [1.54, 1.807) is 0 Å². The van der Waals surface area contributed by atoms with Crippen molar-refractivity contribution in [3.63, 3.8) is 0 Å². The number of alkyl halides is 3. The quantitative estimate of drug-likeness (QED) is 0.829. The zero-order valence-corrected chi connectivity index (χ0v) is 10.7. The van der Waals surface area contributed by atoms with Gasteiger partial charge < -0.3 is 15.4 Å². The zero-order chi connectivity index (χ0) is 14.0. The van der Waals surface area contributed by atoms with Crippen LogP contribution in [-0.2, 0) is 9.53 Å². The Morgan fingerprint density at radius 3 is 2.32 bits per heavy atom. The fourth-order valence-electron chi connectivity index (χ4n) is 2.69. The molecule has 2 N–H and O–H groups in total. The molecule has 0 saturated carbocycles. The van der Waals surface area contributed by atoms with Crippen LogP contribution >= 0.6 is 0 Å². The fraction of sp³-hybridized carbons (Fsp3) is 0.917. The van der Waals surface area contributed by atoms with Gasteiger partial charge in [-0.1, -0.05) is 0 Å². The first-order chi connectivity index (χ1) is 8.91. The number of hydrogen-bond donors (Lipinski definition) is 1. The number of carbonyl (C=O) groups excluding carboxylic acids is 1. The largest absolute Gasteiger partial charge is 0.391 e. The summed E-state index contributed by atoms with van der Waals surface area (Å²) in [6.45, 7) is 0.701. The molecule has 0 aromatic carbocycles. The molecule has 0 aliphatic carbocycles. The number of carbonyl (C=O) groups is 1. The molecule has 0 unspecified atom stereocenters. The monoisotopic (exact) mass is 280 g/mol. The van der Waals surface area contributed by atoms with Crippen LogP contribution in [0.15, 0.2) is 0 Å². The Morgan fingerprint density at radius 1 is 1.21 bits per heavy atom. The smallest absolute Gasteiger partial charge is 0.364 e. The van der Waals surface area contributed by atoms with Crippen LogP contribution in [0, 0.1) is 5.92 Å². The average Bonchev–Trinajstić information content (AvgIpc) is 2.86. The Bertz CT molecular complexity index is 327. The predicted molar refractivity (Wildman–Crippen MR) is 62.3 cm³/mol. The Labute approximate surface area is 110 Å². The molecule has 2 aliphatic rings. The molecule has 0 spiro atoms. The molecule has 0 aromatic rings. The van der Waals surface area contributed by atoms with Crippen LogP contribution in [0.1, 0.15) is 25.7 Å². The zero-order valence-electron chi connectivity index (χ0n) is 10.7. The van der Waals surface area contributed by atoms with Gasteiger partial charge in [-0.15, -0.1) is 0 Å². The second-order valence-corrected chi connectivity index (χ2v) is 5.20. The SMILES string of the molecule is NC[C@H]1CC[C@@H](C(=O)N2CCC(C(F)(F)F)CC2)O1. The molecule has 1 amide bonds. The standard InChI is InChI=1S/C12H19F3N2O2/c13-12(14,15)8-3-5-17(6-4-8)11(18)10-2-1-9(7-16)19-10/h8-10H,1-7,16H2/t9-,10+/m1/s1. The third kappa shape index (κ3) is 3.39. The first kappa shape index (κ1) is 14.6. The summed E-state index contributed by atoms with van der Waals surface area (Å²) >= 11 is 0. The minimum atomic E-state index is -4.15. The maximum Gasteiger partial charge on any atom is 0.391 e. The van der Waals surface area contributed by atoms with Gasteiger partial charge in [-0.3, -0.25) is 4.79 Å². The van der Waals surface area contributed by atoms with Gasteiger partial charge in [-0.05, 0) is 25.7 Å². The highest BCUT2D eigenvalue weighted by Crippen LogP contribution is 2.34. The second-order valence-electron chi connectivity index (χ2n) is 5.20. The number of halogens is 3. The van der Waals surface area contributed by atoms with Crippen LogP contribution in [0.3, 0.4) is 0 Å². The van der Waals surface area contributed by atoms with E-state index in [1.165, 1.54) is 4.90 Å². The van der Waals surface area contributed by atoms with Crippen LogP contribution in [-0.4, -0.2) is 48.8 Å². The number of amides is 1. The highest BCUT2D eigenvalue weighted by atomic mass is 19.4. The Balaban J connectivity index is 1.83. The van der Waals surface area contributed by atoms with Crippen LogP contribution in [0.4, 0.5) is 13.2 Å². The lowest BCUT2D eigenvalue weighted by atomic mass is 9.96. The van der Waals surface area contributed by atoms with Crippen molar-refractivity contribution in [2.75, 3.05) is 19.6 Å². The van der Waals surface area contributed by atoms with Gasteiger partial charge in [0, 0.05) is 19.6 Å². The van der Waals surface area contributed by atoms with Crippen LogP contribution in [0.25, 0.3) is 0 Å². The molecule has 0 radical (unpaired) electrons. The Hall–Kier alpha value is -0.820. The first-order valence-electron chi connectivity index (χ1n) is 6.63. The first-order valence-corrected chi connectivity index (χ1v) is 6.63. The van der Waals surface area contributed by atoms with Crippen molar-refractivity contribution in [2.24, 2.45) is 11.7 Å². The van der Waals surface area contributed by atoms with E-state index >= 15 is 0 Å². The van der Waals surface area contributed by atoms with E-state index in [0.717, 1.165) is 6.42 Å². The lowest BCUT2D eigenvalue weighted by Gasteiger charge is -2.34. The molecular weight excluding hydrogens is 261 g/mol. The molecule has 110 valence electrons. The number of piperidine rings is 1. The molecular formula is C12H19F3N2O2. The highest BCUT2D eigenvalue weighted by molar-refractivity contribution is 5.81. The molecule has 2 saturated heterocycles. The van der Waals surface area contributed by atoms with Gasteiger partial charge in [0.2, 0.25) is 0 Å². The van der Waals surface area contributed by atoms with Crippen molar-refractivity contribution in [1.82, 2.24) is 4.90 Å². The van der Waals surface area contributed by atoms with E-state index < -0.39 is 18.2 Å². The van der Waals surface area contributed by atoms with E-state index in [9.17, 15) is 18.0 Å². The molecule has 2 heterocycles. The van der Waals surface area contributed by atoms with Crippen LogP contribution < -0.4 is 5.73 Å². The minimum absolute atomic E-state index is 0.0116.